The molecule has 10 nitrogen and oxygen atoms in total. The summed E-state index contributed by atoms with van der Waals surface area (Å²) in [6.45, 7) is 3.08. The van der Waals surface area contributed by atoms with E-state index in [2.05, 4.69) is 15.3 Å². The number of hydrogen-bond donors (Lipinski definition) is 2. The first-order valence-corrected chi connectivity index (χ1v) is 18.2. The van der Waals surface area contributed by atoms with Crippen LogP contribution < -0.4 is 15.0 Å². The molecular weight excluding hydrogens is 651 g/mol. The zero-order valence-corrected chi connectivity index (χ0v) is 28.9. The summed E-state index contributed by atoms with van der Waals surface area (Å²) in [7, 11) is 3.74. The molecule has 4 aliphatic carbocycles. The number of nitrogens with one attached hydrogen (secondary N) is 1. The van der Waals surface area contributed by atoms with E-state index in [0.717, 1.165) is 44.5 Å². The summed E-state index contributed by atoms with van der Waals surface area (Å²) in [5.74, 6) is -0.879. The molecule has 1 saturated heterocycles. The van der Waals surface area contributed by atoms with Crippen molar-refractivity contribution in [1.82, 2.24) is 20.2 Å². The lowest BCUT2D eigenvalue weighted by atomic mass is 9.48. The minimum absolute atomic E-state index is 0.0208. The van der Waals surface area contributed by atoms with Gasteiger partial charge >= 0.3 is 12.1 Å². The molecule has 1 aromatic heterocycles. The molecule has 3 heterocycles. The van der Waals surface area contributed by atoms with Crippen LogP contribution in [0.1, 0.15) is 85.1 Å². The van der Waals surface area contributed by atoms with Crippen LogP contribution in [0.2, 0.25) is 0 Å². The molecule has 4 bridgehead atoms. The zero-order valence-electron chi connectivity index (χ0n) is 28.9. The molecule has 2 aromatic rings. The number of aromatic nitrogens is 2. The molecule has 50 heavy (non-hydrogen) atoms. The van der Waals surface area contributed by atoms with Crippen LogP contribution in [0.15, 0.2) is 18.2 Å². The van der Waals surface area contributed by atoms with Gasteiger partial charge in [0.1, 0.15) is 11.3 Å². The van der Waals surface area contributed by atoms with E-state index in [0.29, 0.717) is 87.4 Å². The number of hydrogen-bond acceptors (Lipinski definition) is 8. The topological polar surface area (TPSA) is 117 Å². The number of carbonyl (C=O) groups excluding carboxylic acids is 1. The fraction of sp³-hybridized carbons (Fsp3) is 0.676. The number of carboxylic acid groups (broad SMARTS) is 1. The van der Waals surface area contributed by atoms with Gasteiger partial charge in [0.05, 0.1) is 17.9 Å². The first-order chi connectivity index (χ1) is 23.9. The number of carbonyl (C=O) groups is 2. The quantitative estimate of drug-likeness (QED) is 0.280. The van der Waals surface area contributed by atoms with Gasteiger partial charge in [0, 0.05) is 25.4 Å². The number of carboxylic acids is 1. The van der Waals surface area contributed by atoms with Gasteiger partial charge in [-0.25, -0.2) is 14.8 Å². The molecule has 2 aliphatic heterocycles. The van der Waals surface area contributed by atoms with Gasteiger partial charge in [0.2, 0.25) is 5.95 Å². The Morgan fingerprint density at radius 1 is 1.08 bits per heavy atom. The molecule has 13 heteroatoms. The smallest absolute Gasteiger partial charge is 0.434 e. The van der Waals surface area contributed by atoms with Crippen LogP contribution in [0.3, 0.4) is 0 Å². The third kappa shape index (κ3) is 6.79. The number of nitrogens with zero attached hydrogens (tertiary/aromatic N) is 4. The van der Waals surface area contributed by atoms with Crippen LogP contribution in [0, 0.1) is 29.6 Å². The number of halogens is 3. The highest BCUT2D eigenvalue weighted by Crippen LogP contribution is 2.58. The van der Waals surface area contributed by atoms with E-state index in [4.69, 9.17) is 9.47 Å². The van der Waals surface area contributed by atoms with Gasteiger partial charge in [-0.1, -0.05) is 0 Å². The molecule has 5 fully saturated rings. The van der Waals surface area contributed by atoms with Gasteiger partial charge in [-0.15, -0.1) is 0 Å². The SMILES string of the molecule is CN(C)CCCc1nc(N2CCc3cc(OCCC4CCOCC4)ccc32)nc(C(F)(F)F)c1C(=O)NC1(C(=O)O)C2CC3CC(C2)CC1C3. The number of amides is 1. The summed E-state index contributed by atoms with van der Waals surface area (Å²) in [5, 5.41) is 13.3. The predicted molar refractivity (Wildman–Crippen MR) is 180 cm³/mol. The summed E-state index contributed by atoms with van der Waals surface area (Å²) < 4.78 is 56.5. The maximum Gasteiger partial charge on any atom is 0.434 e. The molecule has 1 aromatic carbocycles. The van der Waals surface area contributed by atoms with Crippen molar-refractivity contribution in [2.45, 2.75) is 82.3 Å². The minimum Gasteiger partial charge on any atom is -0.494 e. The van der Waals surface area contributed by atoms with Gasteiger partial charge < -0.3 is 29.7 Å². The van der Waals surface area contributed by atoms with Crippen LogP contribution in [-0.4, -0.2) is 84.4 Å². The van der Waals surface area contributed by atoms with Crippen molar-refractivity contribution in [3.8, 4) is 5.75 Å². The molecule has 272 valence electrons. The second-order valence-corrected chi connectivity index (χ2v) is 15.4. The molecular formula is C37H48F3N5O5. The number of ether oxygens (including phenoxy) is 2. The van der Waals surface area contributed by atoms with Crippen molar-refractivity contribution < 1.29 is 37.3 Å². The Balaban J connectivity index is 1.19. The Hall–Kier alpha value is -3.45. The highest BCUT2D eigenvalue weighted by Gasteiger charge is 2.62. The first kappa shape index (κ1) is 35.0. The normalized spacial score (nSPS) is 27.5. The van der Waals surface area contributed by atoms with Crippen molar-refractivity contribution >= 4 is 23.5 Å². The van der Waals surface area contributed by atoms with Crippen LogP contribution >= 0.6 is 0 Å². The second kappa shape index (κ2) is 13.9. The van der Waals surface area contributed by atoms with Gasteiger partial charge in [-0.05, 0) is 145 Å². The fourth-order valence-corrected chi connectivity index (χ4v) is 9.64. The highest BCUT2D eigenvalue weighted by molar-refractivity contribution is 6.00. The standard InChI is InChI=1S/C37H48F3N5O5/c1-44(2)11-3-4-29-31(33(46)43-36(34(47)48)26-17-23-16-24(19-26)20-27(36)18-23)32(37(38,39)40)42-35(41-29)45-12-7-25-21-28(5-6-30(25)45)50-15-10-22-8-13-49-14-9-22/h5-6,21-24,26-27H,3-4,7-20H2,1-2H3,(H,43,46)(H,47,48). The van der Waals surface area contributed by atoms with E-state index in [-0.39, 0.29) is 29.9 Å². The summed E-state index contributed by atoms with van der Waals surface area (Å²) in [4.78, 5) is 39.5. The maximum absolute atomic E-state index is 15.0. The molecule has 8 rings (SSSR count). The average molecular weight is 700 g/mol. The monoisotopic (exact) mass is 699 g/mol. The second-order valence-electron chi connectivity index (χ2n) is 15.4. The van der Waals surface area contributed by atoms with E-state index in [1.165, 1.54) is 0 Å². The molecule has 0 atom stereocenters. The molecule has 0 unspecified atom stereocenters. The Morgan fingerprint density at radius 2 is 1.78 bits per heavy atom. The number of fused-ring (bicyclic) bond motifs is 1. The van der Waals surface area contributed by atoms with Crippen LogP contribution in [0.4, 0.5) is 24.8 Å². The Morgan fingerprint density at radius 3 is 2.42 bits per heavy atom. The lowest BCUT2D eigenvalue weighted by molar-refractivity contribution is -0.163. The molecule has 0 spiro atoms. The number of aryl methyl sites for hydroxylation is 1. The summed E-state index contributed by atoms with van der Waals surface area (Å²) >= 11 is 0. The van der Waals surface area contributed by atoms with Crippen LogP contribution in [0.5, 0.6) is 5.75 Å². The molecule has 2 N–H and O–H groups in total. The zero-order chi connectivity index (χ0) is 35.2. The minimum atomic E-state index is -4.98. The molecule has 6 aliphatic rings. The first-order valence-electron chi connectivity index (χ1n) is 18.2. The lowest BCUT2D eigenvalue weighted by Crippen LogP contribution is -2.70. The summed E-state index contributed by atoms with van der Waals surface area (Å²) in [6.07, 6.45) is 2.83. The number of alkyl halides is 3. The maximum atomic E-state index is 15.0. The lowest BCUT2D eigenvalue weighted by Gasteiger charge is -2.59. The predicted octanol–water partition coefficient (Wildman–Crippen LogP) is 5.89. The van der Waals surface area contributed by atoms with E-state index >= 15 is 0 Å². The van der Waals surface area contributed by atoms with Gasteiger partial charge in [-0.2, -0.15) is 13.2 Å². The van der Waals surface area contributed by atoms with Gasteiger partial charge in [0.25, 0.3) is 5.91 Å². The van der Waals surface area contributed by atoms with Gasteiger partial charge in [-0.3, -0.25) is 4.79 Å². The third-order valence-corrected chi connectivity index (χ3v) is 11.9. The van der Waals surface area contributed by atoms with Crippen LogP contribution in [-0.2, 0) is 28.5 Å². The van der Waals surface area contributed by atoms with E-state index in [9.17, 15) is 27.9 Å². The number of anilines is 2. The van der Waals surface area contributed by atoms with E-state index < -0.39 is 34.8 Å². The highest BCUT2D eigenvalue weighted by atomic mass is 19.4. The Labute approximate surface area is 291 Å². The Bertz CT molecular complexity index is 1570. The largest absolute Gasteiger partial charge is 0.494 e. The fourth-order valence-electron chi connectivity index (χ4n) is 9.64. The van der Waals surface area contributed by atoms with Crippen LogP contribution in [0.25, 0.3) is 0 Å². The number of aliphatic carboxylic acids is 1. The average Bonchev–Trinajstić information content (AvgIpc) is 3.49. The van der Waals surface area contributed by atoms with E-state index in [1.54, 1.807) is 4.90 Å². The molecule has 4 saturated carbocycles. The third-order valence-electron chi connectivity index (χ3n) is 11.9. The summed E-state index contributed by atoms with van der Waals surface area (Å²) in [5.41, 5.74) is -2.00. The summed E-state index contributed by atoms with van der Waals surface area (Å²) in [6, 6.07) is 5.58. The van der Waals surface area contributed by atoms with Crippen molar-refractivity contribution in [3.05, 3.63) is 40.7 Å². The van der Waals surface area contributed by atoms with Crippen molar-refractivity contribution in [2.24, 2.45) is 29.6 Å². The molecule has 0 radical (unpaired) electrons. The number of benzene rings is 1. The van der Waals surface area contributed by atoms with Crippen molar-refractivity contribution in [1.29, 1.82) is 0 Å². The number of rotatable bonds is 12. The van der Waals surface area contributed by atoms with E-state index in [1.807, 2.05) is 37.2 Å². The molecule has 1 amide bonds. The van der Waals surface area contributed by atoms with Gasteiger partial charge in [0.15, 0.2) is 5.69 Å². The van der Waals surface area contributed by atoms with Crippen molar-refractivity contribution in [3.63, 3.8) is 0 Å². The Kier molecular flexibility index (Phi) is 9.75. The van der Waals surface area contributed by atoms with Crippen molar-refractivity contribution in [2.75, 3.05) is 51.9 Å².